The first-order valence-corrected chi connectivity index (χ1v) is 12.9. The summed E-state index contributed by atoms with van der Waals surface area (Å²) in [6.07, 6.45) is 4.73. The van der Waals surface area contributed by atoms with Crippen LogP contribution in [0.5, 0.6) is 0 Å². The highest BCUT2D eigenvalue weighted by molar-refractivity contribution is 6.30. The number of rotatable bonds is 12. The highest BCUT2D eigenvalue weighted by Crippen LogP contribution is 2.32. The molecule has 2 atom stereocenters. The molecule has 2 aromatic carbocycles. The van der Waals surface area contributed by atoms with Crippen LogP contribution < -0.4 is 5.32 Å². The average Bonchev–Trinajstić information content (AvgIpc) is 3.23. The van der Waals surface area contributed by atoms with Gasteiger partial charge in [-0.3, -0.25) is 0 Å². The van der Waals surface area contributed by atoms with Gasteiger partial charge in [-0.15, -0.1) is 0 Å². The third-order valence-corrected chi connectivity index (χ3v) is 6.83. The number of carbonyl (C=O) groups is 1. The van der Waals surface area contributed by atoms with E-state index in [2.05, 4.69) is 43.4 Å². The van der Waals surface area contributed by atoms with E-state index in [-0.39, 0.29) is 23.8 Å². The highest BCUT2D eigenvalue weighted by Gasteiger charge is 2.28. The Kier molecular flexibility index (Phi) is 10.1. The van der Waals surface area contributed by atoms with Crippen LogP contribution in [-0.4, -0.2) is 42.5 Å². The van der Waals surface area contributed by atoms with Crippen molar-refractivity contribution in [2.45, 2.75) is 64.7 Å². The quantitative estimate of drug-likeness (QED) is 0.280. The van der Waals surface area contributed by atoms with E-state index in [1.54, 1.807) is 13.8 Å². The molecule has 0 fully saturated rings. The molecular formula is C29H37ClFNO4. The first kappa shape index (κ1) is 28.3. The Morgan fingerprint density at radius 3 is 2.58 bits per heavy atom. The summed E-state index contributed by atoms with van der Waals surface area (Å²) in [5.41, 5.74) is 3.82. The van der Waals surface area contributed by atoms with Gasteiger partial charge in [0, 0.05) is 18.2 Å². The Hall–Kier alpha value is -2.25. The molecule has 1 aliphatic carbocycles. The smallest absolute Gasteiger partial charge is 0.330 e. The van der Waals surface area contributed by atoms with Crippen LogP contribution in [0.3, 0.4) is 0 Å². The van der Waals surface area contributed by atoms with Gasteiger partial charge in [-0.05, 0) is 93.3 Å². The van der Waals surface area contributed by atoms with Gasteiger partial charge in [-0.1, -0.05) is 35.9 Å². The number of carbonyl (C=O) groups excluding carboxylic acids is 1. The minimum atomic E-state index is -0.733. The van der Waals surface area contributed by atoms with Gasteiger partial charge in [-0.2, -0.15) is 0 Å². The highest BCUT2D eigenvalue weighted by atomic mass is 35.5. The van der Waals surface area contributed by atoms with Crippen LogP contribution in [0, 0.1) is 11.7 Å². The molecule has 0 saturated heterocycles. The predicted molar refractivity (Wildman–Crippen MR) is 141 cm³/mol. The van der Waals surface area contributed by atoms with E-state index in [1.165, 1.54) is 35.4 Å². The molecule has 196 valence electrons. The van der Waals surface area contributed by atoms with Crippen molar-refractivity contribution in [2.75, 3.05) is 19.8 Å². The van der Waals surface area contributed by atoms with Crippen LogP contribution in [0.15, 0.2) is 42.5 Å². The number of nitrogens with one attached hydrogen (secondary N) is 1. The van der Waals surface area contributed by atoms with Crippen LogP contribution in [-0.2, 0) is 27.1 Å². The number of fused-ring (bicyclic) bond motifs is 1. The summed E-state index contributed by atoms with van der Waals surface area (Å²) in [6.45, 7) is 8.52. The second-order valence-corrected chi connectivity index (χ2v) is 10.5. The zero-order valence-corrected chi connectivity index (χ0v) is 22.3. The maximum Gasteiger partial charge on any atom is 0.330 e. The maximum atomic E-state index is 14.2. The lowest BCUT2D eigenvalue weighted by Gasteiger charge is -2.31. The van der Waals surface area contributed by atoms with Crippen LogP contribution in [0.4, 0.5) is 4.39 Å². The van der Waals surface area contributed by atoms with Gasteiger partial charge >= 0.3 is 5.97 Å². The van der Waals surface area contributed by atoms with Crippen molar-refractivity contribution in [3.8, 4) is 0 Å². The Morgan fingerprint density at radius 2 is 1.94 bits per heavy atom. The lowest BCUT2D eigenvalue weighted by molar-refractivity contribution is -0.137. The van der Waals surface area contributed by atoms with E-state index in [1.807, 2.05) is 0 Å². The molecule has 0 unspecified atom stereocenters. The second-order valence-electron chi connectivity index (χ2n) is 10.1. The fourth-order valence-electron chi connectivity index (χ4n) is 4.81. The predicted octanol–water partition coefficient (Wildman–Crippen LogP) is 5.67. The topological polar surface area (TPSA) is 67.8 Å². The Labute approximate surface area is 218 Å². The molecule has 0 spiro atoms. The summed E-state index contributed by atoms with van der Waals surface area (Å²) in [6, 6.07) is 11.4. The van der Waals surface area contributed by atoms with Crippen LogP contribution >= 0.6 is 11.6 Å². The molecule has 0 aromatic heterocycles. The molecule has 0 amide bonds. The average molecular weight is 518 g/mol. The number of halogens is 2. The molecule has 7 heteroatoms. The van der Waals surface area contributed by atoms with Crippen molar-refractivity contribution < 1.29 is 23.8 Å². The van der Waals surface area contributed by atoms with Gasteiger partial charge in [0.15, 0.2) is 0 Å². The largest absolute Gasteiger partial charge is 0.463 e. The lowest BCUT2D eigenvalue weighted by Crippen LogP contribution is -2.45. The molecular weight excluding hydrogens is 481 g/mol. The molecule has 1 aliphatic rings. The van der Waals surface area contributed by atoms with E-state index >= 15 is 0 Å². The van der Waals surface area contributed by atoms with Gasteiger partial charge in [0.1, 0.15) is 5.82 Å². The summed E-state index contributed by atoms with van der Waals surface area (Å²) >= 11 is 5.95. The first-order valence-electron chi connectivity index (χ1n) is 12.5. The minimum absolute atomic E-state index is 0.0497. The second kappa shape index (κ2) is 12.8. The number of aliphatic hydroxyl groups is 1. The zero-order valence-electron chi connectivity index (χ0n) is 21.5. The fraction of sp³-hybridized carbons (Fsp3) is 0.483. The number of hydrogen-bond acceptors (Lipinski definition) is 5. The number of ether oxygens (including phenoxy) is 2. The van der Waals surface area contributed by atoms with Gasteiger partial charge in [0.05, 0.1) is 30.4 Å². The lowest BCUT2D eigenvalue weighted by atomic mass is 9.88. The third-order valence-electron chi connectivity index (χ3n) is 6.54. The molecule has 0 radical (unpaired) electrons. The number of esters is 1. The van der Waals surface area contributed by atoms with Gasteiger partial charge in [0.2, 0.25) is 0 Å². The molecule has 5 nitrogen and oxygen atoms in total. The molecule has 0 heterocycles. The van der Waals surface area contributed by atoms with Crippen molar-refractivity contribution >= 4 is 23.6 Å². The molecule has 3 rings (SSSR count). The number of benzene rings is 2. The maximum absolute atomic E-state index is 14.2. The molecule has 2 N–H and O–H groups in total. The Morgan fingerprint density at radius 1 is 1.28 bits per heavy atom. The zero-order chi connectivity index (χ0) is 26.3. The fourth-order valence-corrected chi connectivity index (χ4v) is 4.98. The normalized spacial score (nSPS) is 15.8. The summed E-state index contributed by atoms with van der Waals surface area (Å²) in [5.74, 6) is -0.490. The first-order chi connectivity index (χ1) is 17.1. The number of aliphatic hydroxyl groups excluding tert-OH is 1. The number of β-amino-alcohol motifs (C(OH)–C–C–N with tert-alkyl or cyclic N) is 1. The standard InChI is InChI=1S/C29H37ClFNO4/c1-5-35-28(34)11-10-23-14-26(30)27(31)15-25(23)19(2)36-18-24(33)17-32-29(3,4)16-20-12-21-8-6-7-9-22(21)13-20/h6-11,14-15,19-20,24,32-33H,5,12-13,16-18H2,1-4H3/b11-10+/t19-,24-/m1/s1. The molecule has 0 saturated carbocycles. The van der Waals surface area contributed by atoms with Crippen molar-refractivity contribution in [3.05, 3.63) is 75.6 Å². The van der Waals surface area contributed by atoms with Gasteiger partial charge in [0.25, 0.3) is 0 Å². The summed E-state index contributed by atoms with van der Waals surface area (Å²) in [4.78, 5) is 11.7. The van der Waals surface area contributed by atoms with Crippen LogP contribution in [0.2, 0.25) is 5.02 Å². The van der Waals surface area contributed by atoms with Crippen LogP contribution in [0.1, 0.15) is 62.5 Å². The SMILES string of the molecule is CCOC(=O)/C=C/c1cc(Cl)c(F)cc1[C@@H](C)OC[C@H](O)CNC(C)(C)CC1Cc2ccccc2C1. The third kappa shape index (κ3) is 8.13. The Bertz CT molecular complexity index is 1050. The molecule has 36 heavy (non-hydrogen) atoms. The molecule has 0 bridgehead atoms. The summed E-state index contributed by atoms with van der Waals surface area (Å²) < 4.78 is 25.0. The summed E-state index contributed by atoms with van der Waals surface area (Å²) in [7, 11) is 0. The summed E-state index contributed by atoms with van der Waals surface area (Å²) in [5, 5.41) is 14.0. The van der Waals surface area contributed by atoms with Gasteiger partial charge in [-0.25, -0.2) is 9.18 Å². The van der Waals surface area contributed by atoms with E-state index in [4.69, 9.17) is 21.1 Å². The van der Waals surface area contributed by atoms with Gasteiger partial charge < -0.3 is 19.9 Å². The van der Waals surface area contributed by atoms with E-state index in [9.17, 15) is 14.3 Å². The van der Waals surface area contributed by atoms with Crippen molar-refractivity contribution in [2.24, 2.45) is 5.92 Å². The van der Waals surface area contributed by atoms with E-state index in [0.717, 1.165) is 19.3 Å². The van der Waals surface area contributed by atoms with Crippen molar-refractivity contribution in [1.82, 2.24) is 5.32 Å². The molecule has 2 aromatic rings. The van der Waals surface area contributed by atoms with Crippen molar-refractivity contribution in [3.63, 3.8) is 0 Å². The Balaban J connectivity index is 1.51. The van der Waals surface area contributed by atoms with E-state index < -0.39 is 24.0 Å². The van der Waals surface area contributed by atoms with Crippen LogP contribution in [0.25, 0.3) is 6.08 Å². The van der Waals surface area contributed by atoms with Crippen molar-refractivity contribution in [1.29, 1.82) is 0 Å². The molecule has 0 aliphatic heterocycles. The monoisotopic (exact) mass is 517 g/mol. The number of hydrogen-bond donors (Lipinski definition) is 2. The van der Waals surface area contributed by atoms with E-state index in [0.29, 0.717) is 23.6 Å². The minimum Gasteiger partial charge on any atom is -0.463 e.